The fraction of sp³-hybridized carbons (Fsp3) is 0.217. The van der Waals surface area contributed by atoms with Crippen LogP contribution >= 0.6 is 34.9 Å². The smallest absolute Gasteiger partial charge is 0.234 e. The van der Waals surface area contributed by atoms with E-state index in [-0.39, 0.29) is 11.7 Å². The van der Waals surface area contributed by atoms with Crippen molar-refractivity contribution in [2.24, 2.45) is 0 Å². The van der Waals surface area contributed by atoms with E-state index in [0.29, 0.717) is 18.2 Å². The van der Waals surface area contributed by atoms with Gasteiger partial charge < -0.3 is 15.0 Å². The zero-order valence-corrected chi connectivity index (χ0v) is 19.9. The molecule has 168 valence electrons. The number of carbonyl (C=O) groups excluding carboxylic acids is 1. The Morgan fingerprint density at radius 2 is 1.91 bits per heavy atom. The van der Waals surface area contributed by atoms with Crippen LogP contribution in [-0.4, -0.2) is 52.3 Å². The number of hydrogen-bond acceptors (Lipinski definition) is 8. The number of benzene rings is 2. The number of morpholine rings is 1. The van der Waals surface area contributed by atoms with Crippen molar-refractivity contribution < 1.29 is 9.53 Å². The molecule has 10 heteroatoms. The number of fused-ring (bicyclic) bond motifs is 1. The van der Waals surface area contributed by atoms with Gasteiger partial charge in [0.05, 0.1) is 30.3 Å². The van der Waals surface area contributed by atoms with Crippen molar-refractivity contribution in [2.75, 3.05) is 42.3 Å². The molecular weight excluding hydrogens is 478 g/mol. The number of aromatic nitrogens is 3. The van der Waals surface area contributed by atoms with E-state index >= 15 is 0 Å². The maximum absolute atomic E-state index is 12.8. The number of halogens is 1. The average molecular weight is 498 g/mol. The fourth-order valence-electron chi connectivity index (χ4n) is 3.62. The number of para-hydroxylation sites is 2. The molecule has 0 unspecified atom stereocenters. The summed E-state index contributed by atoms with van der Waals surface area (Å²) in [5.74, 6) is 0.146. The molecule has 33 heavy (non-hydrogen) atoms. The van der Waals surface area contributed by atoms with Gasteiger partial charge >= 0.3 is 0 Å². The van der Waals surface area contributed by atoms with Crippen LogP contribution in [0.2, 0.25) is 5.02 Å². The lowest BCUT2D eigenvalue weighted by Gasteiger charge is -2.30. The summed E-state index contributed by atoms with van der Waals surface area (Å²) < 4.78 is 10.9. The van der Waals surface area contributed by atoms with Crippen molar-refractivity contribution in [3.8, 4) is 11.3 Å². The topological polar surface area (TPSA) is 80.2 Å². The number of ether oxygens (including phenoxy) is 1. The fourth-order valence-corrected chi connectivity index (χ4v) is 5.47. The maximum atomic E-state index is 12.8. The molecule has 3 heterocycles. The molecule has 5 rings (SSSR count). The third kappa shape index (κ3) is 4.96. The van der Waals surface area contributed by atoms with Crippen molar-refractivity contribution in [3.63, 3.8) is 0 Å². The van der Waals surface area contributed by atoms with E-state index in [0.717, 1.165) is 51.0 Å². The van der Waals surface area contributed by atoms with Gasteiger partial charge in [0.15, 0.2) is 0 Å². The molecule has 1 amide bonds. The second-order valence-electron chi connectivity index (χ2n) is 7.35. The number of amides is 1. The van der Waals surface area contributed by atoms with Crippen molar-refractivity contribution in [1.82, 2.24) is 14.3 Å². The number of thioether (sulfide) groups is 1. The van der Waals surface area contributed by atoms with Crippen LogP contribution in [0, 0.1) is 0 Å². The molecule has 0 saturated carbocycles. The van der Waals surface area contributed by atoms with E-state index in [2.05, 4.69) is 24.6 Å². The minimum atomic E-state index is -0.0880. The summed E-state index contributed by atoms with van der Waals surface area (Å²) in [6.07, 6.45) is 1.52. The van der Waals surface area contributed by atoms with Gasteiger partial charge in [0.1, 0.15) is 27.3 Å². The summed E-state index contributed by atoms with van der Waals surface area (Å²) in [5.41, 5.74) is 4.33. The Morgan fingerprint density at radius 1 is 1.12 bits per heavy atom. The van der Waals surface area contributed by atoms with Crippen LogP contribution in [-0.2, 0) is 9.53 Å². The Labute approximate surface area is 204 Å². The standard InChI is InChI=1S/C23H20ClN5O2S2/c24-16-7-5-15(6-8-16)20-21-22(33-28-20)23(26-14-25-21)32-13-19(30)27-17-3-1-2-4-18(17)29-9-11-31-12-10-29/h1-8,14H,9-13H2,(H,27,30). The molecule has 0 radical (unpaired) electrons. The molecule has 1 saturated heterocycles. The first-order chi connectivity index (χ1) is 16.2. The van der Waals surface area contributed by atoms with Crippen molar-refractivity contribution in [3.05, 3.63) is 59.9 Å². The van der Waals surface area contributed by atoms with Crippen molar-refractivity contribution in [2.45, 2.75) is 5.03 Å². The quantitative estimate of drug-likeness (QED) is 0.297. The van der Waals surface area contributed by atoms with Crippen LogP contribution in [0.4, 0.5) is 11.4 Å². The Hall–Kier alpha value is -2.72. The highest BCUT2D eigenvalue weighted by atomic mass is 35.5. The zero-order valence-electron chi connectivity index (χ0n) is 17.5. The highest BCUT2D eigenvalue weighted by molar-refractivity contribution is 8.00. The van der Waals surface area contributed by atoms with Crippen LogP contribution in [0.5, 0.6) is 0 Å². The molecule has 2 aromatic carbocycles. The lowest BCUT2D eigenvalue weighted by atomic mass is 10.1. The van der Waals surface area contributed by atoms with E-state index in [1.54, 1.807) is 0 Å². The Bertz CT molecular complexity index is 1280. The van der Waals surface area contributed by atoms with E-state index < -0.39 is 0 Å². The summed E-state index contributed by atoms with van der Waals surface area (Å²) in [6, 6.07) is 15.4. The SMILES string of the molecule is O=C(CSc1ncnc2c(-c3ccc(Cl)cc3)nsc12)Nc1ccccc1N1CCOCC1. The van der Waals surface area contributed by atoms with Crippen molar-refractivity contribution in [1.29, 1.82) is 0 Å². The summed E-state index contributed by atoms with van der Waals surface area (Å²) in [4.78, 5) is 23.8. The molecule has 0 aliphatic carbocycles. The summed E-state index contributed by atoms with van der Waals surface area (Å²) in [5, 5.41) is 4.47. The van der Waals surface area contributed by atoms with E-state index in [1.807, 2.05) is 48.5 Å². The average Bonchev–Trinajstić information content (AvgIpc) is 3.29. The minimum absolute atomic E-state index is 0.0880. The molecule has 0 spiro atoms. The molecule has 1 aliphatic rings. The molecule has 4 aromatic rings. The minimum Gasteiger partial charge on any atom is -0.378 e. The van der Waals surface area contributed by atoms with Gasteiger partial charge in [-0.1, -0.05) is 47.6 Å². The highest BCUT2D eigenvalue weighted by Crippen LogP contribution is 2.35. The molecule has 2 aromatic heterocycles. The summed E-state index contributed by atoms with van der Waals surface area (Å²) >= 11 is 8.73. The van der Waals surface area contributed by atoms with Gasteiger partial charge in [-0.25, -0.2) is 9.97 Å². The van der Waals surface area contributed by atoms with E-state index in [9.17, 15) is 4.79 Å². The van der Waals surface area contributed by atoms with Crippen molar-refractivity contribution >= 4 is 62.4 Å². The van der Waals surface area contributed by atoms with Crippen LogP contribution in [0.25, 0.3) is 21.5 Å². The molecule has 0 atom stereocenters. The highest BCUT2D eigenvalue weighted by Gasteiger charge is 2.18. The third-order valence-electron chi connectivity index (χ3n) is 5.21. The first kappa shape index (κ1) is 22.1. The number of nitrogens with zero attached hydrogens (tertiary/aromatic N) is 4. The Balaban J connectivity index is 1.30. The second-order valence-corrected chi connectivity index (χ2v) is 9.52. The monoisotopic (exact) mass is 497 g/mol. The van der Waals surface area contributed by atoms with E-state index in [4.69, 9.17) is 16.3 Å². The zero-order chi connectivity index (χ0) is 22.6. The summed E-state index contributed by atoms with van der Waals surface area (Å²) in [7, 11) is 0. The molecular formula is C23H20ClN5O2S2. The van der Waals surface area contributed by atoms with Gasteiger partial charge in [0.2, 0.25) is 5.91 Å². The van der Waals surface area contributed by atoms with Gasteiger partial charge in [-0.3, -0.25) is 4.79 Å². The first-order valence-electron chi connectivity index (χ1n) is 10.4. The van der Waals surface area contributed by atoms with Crippen LogP contribution < -0.4 is 10.2 Å². The number of nitrogens with one attached hydrogen (secondary N) is 1. The molecule has 0 bridgehead atoms. The largest absolute Gasteiger partial charge is 0.378 e. The normalized spacial score (nSPS) is 13.9. The van der Waals surface area contributed by atoms with Gasteiger partial charge in [-0.15, -0.1) is 0 Å². The van der Waals surface area contributed by atoms with Crippen LogP contribution in [0.3, 0.4) is 0 Å². The number of anilines is 2. The Kier molecular flexibility index (Phi) is 6.73. The number of carbonyl (C=O) groups is 1. The van der Waals surface area contributed by atoms with Gasteiger partial charge in [0, 0.05) is 23.7 Å². The lowest BCUT2D eigenvalue weighted by Crippen LogP contribution is -2.36. The molecule has 1 fully saturated rings. The van der Waals surface area contributed by atoms with Gasteiger partial charge in [-0.05, 0) is 35.8 Å². The Morgan fingerprint density at radius 3 is 2.73 bits per heavy atom. The lowest BCUT2D eigenvalue weighted by molar-refractivity contribution is -0.113. The second kappa shape index (κ2) is 10.0. The maximum Gasteiger partial charge on any atom is 0.234 e. The predicted octanol–water partition coefficient (Wildman–Crippen LogP) is 4.97. The number of hydrogen-bond donors (Lipinski definition) is 1. The van der Waals surface area contributed by atoms with E-state index in [1.165, 1.54) is 29.6 Å². The predicted molar refractivity (Wildman–Crippen MR) is 134 cm³/mol. The first-order valence-corrected chi connectivity index (χ1v) is 12.5. The number of rotatable bonds is 6. The van der Waals surface area contributed by atoms with Crippen LogP contribution in [0.1, 0.15) is 0 Å². The van der Waals surface area contributed by atoms with Crippen LogP contribution in [0.15, 0.2) is 59.9 Å². The molecule has 1 N–H and O–H groups in total. The molecule has 1 aliphatic heterocycles. The third-order valence-corrected chi connectivity index (χ3v) is 7.43. The van der Waals surface area contributed by atoms with Gasteiger partial charge in [-0.2, -0.15) is 4.37 Å². The molecule has 7 nitrogen and oxygen atoms in total. The summed E-state index contributed by atoms with van der Waals surface area (Å²) in [6.45, 7) is 2.99. The van der Waals surface area contributed by atoms with Gasteiger partial charge in [0.25, 0.3) is 0 Å².